The molecule has 19 heavy (non-hydrogen) atoms. The van der Waals surface area contributed by atoms with Crippen LogP contribution in [-0.4, -0.2) is 24.8 Å². The van der Waals surface area contributed by atoms with Crippen molar-refractivity contribution in [2.75, 3.05) is 18.8 Å². The van der Waals surface area contributed by atoms with E-state index in [2.05, 4.69) is 49.1 Å². The molecule has 1 saturated heterocycles. The molecule has 0 aliphatic carbocycles. The van der Waals surface area contributed by atoms with Crippen molar-refractivity contribution < 1.29 is 9.53 Å². The number of esters is 1. The summed E-state index contributed by atoms with van der Waals surface area (Å²) in [5, 5.41) is 3.32. The zero-order chi connectivity index (χ0) is 13.7. The van der Waals surface area contributed by atoms with E-state index in [1.54, 1.807) is 0 Å². The van der Waals surface area contributed by atoms with Crippen LogP contribution in [0.3, 0.4) is 0 Å². The van der Waals surface area contributed by atoms with Crippen molar-refractivity contribution in [3.8, 4) is 0 Å². The lowest BCUT2D eigenvalue weighted by Gasteiger charge is -2.37. The van der Waals surface area contributed by atoms with E-state index in [0.29, 0.717) is 12.2 Å². The Kier molecular flexibility index (Phi) is 4.88. The highest BCUT2D eigenvalue weighted by Crippen LogP contribution is 2.35. The Balaban J connectivity index is 2.23. The maximum atomic E-state index is 11.9. The zero-order valence-corrected chi connectivity index (χ0v) is 12.2. The molecule has 0 saturated carbocycles. The maximum absolute atomic E-state index is 11.9. The Labute approximate surface area is 120 Å². The monoisotopic (exact) mass is 279 g/mol. The van der Waals surface area contributed by atoms with Crippen molar-refractivity contribution in [1.82, 2.24) is 5.32 Å². The van der Waals surface area contributed by atoms with Crippen molar-refractivity contribution in [1.29, 1.82) is 0 Å². The topological polar surface area (TPSA) is 38.3 Å². The number of rotatable bonds is 4. The van der Waals surface area contributed by atoms with E-state index in [0.717, 1.165) is 31.5 Å². The van der Waals surface area contributed by atoms with Crippen molar-refractivity contribution >= 4 is 18.6 Å². The molecule has 104 valence electrons. The summed E-state index contributed by atoms with van der Waals surface area (Å²) in [6, 6.07) is 8.31. The smallest absolute Gasteiger partial charge is 0.307 e. The minimum atomic E-state index is -0.459. The number of hydrogen-bond acceptors (Lipinski definition) is 4. The summed E-state index contributed by atoms with van der Waals surface area (Å²) < 4.78 is 5.82. The number of aryl methyl sites for hydroxylation is 1. The number of ether oxygens (including phenoxy) is 1. The molecular formula is C15H21NO2S. The number of carbonyl (C=O) groups excluding carboxylic acids is 1. The Morgan fingerprint density at radius 1 is 1.32 bits per heavy atom. The summed E-state index contributed by atoms with van der Waals surface area (Å²) in [4.78, 5) is 11.9. The number of carbonyl (C=O) groups is 1. The van der Waals surface area contributed by atoms with Gasteiger partial charge in [-0.2, -0.15) is 12.6 Å². The number of thiol groups is 1. The molecule has 4 heteroatoms. The Hall–Kier alpha value is -1.00. The van der Waals surface area contributed by atoms with Gasteiger partial charge in [-0.1, -0.05) is 29.8 Å². The van der Waals surface area contributed by atoms with Crippen LogP contribution in [0.15, 0.2) is 24.3 Å². The fourth-order valence-electron chi connectivity index (χ4n) is 2.50. The molecule has 1 N–H and O–H groups in total. The third kappa shape index (κ3) is 3.51. The minimum absolute atomic E-state index is 0.155. The van der Waals surface area contributed by atoms with E-state index < -0.39 is 5.60 Å². The molecule has 1 heterocycles. The van der Waals surface area contributed by atoms with Gasteiger partial charge < -0.3 is 10.1 Å². The fourth-order valence-corrected chi connectivity index (χ4v) is 2.68. The predicted molar refractivity (Wildman–Crippen MR) is 79.5 cm³/mol. The Morgan fingerprint density at radius 2 is 1.95 bits per heavy atom. The molecular weight excluding hydrogens is 258 g/mol. The van der Waals surface area contributed by atoms with Gasteiger partial charge in [0.2, 0.25) is 0 Å². The van der Waals surface area contributed by atoms with E-state index in [1.807, 2.05) is 0 Å². The second-order valence-electron chi connectivity index (χ2n) is 5.06. The van der Waals surface area contributed by atoms with Gasteiger partial charge in [-0.05, 0) is 25.6 Å². The van der Waals surface area contributed by atoms with Crippen LogP contribution in [-0.2, 0) is 15.1 Å². The molecule has 1 aromatic carbocycles. The van der Waals surface area contributed by atoms with Crippen LogP contribution in [0.25, 0.3) is 0 Å². The summed E-state index contributed by atoms with van der Waals surface area (Å²) >= 11 is 4.09. The van der Waals surface area contributed by atoms with Gasteiger partial charge in [0.25, 0.3) is 0 Å². The van der Waals surface area contributed by atoms with E-state index in [9.17, 15) is 4.79 Å². The van der Waals surface area contributed by atoms with Crippen molar-refractivity contribution in [2.45, 2.75) is 31.8 Å². The van der Waals surface area contributed by atoms with E-state index >= 15 is 0 Å². The van der Waals surface area contributed by atoms with E-state index in [1.165, 1.54) is 5.56 Å². The van der Waals surface area contributed by atoms with Crippen LogP contribution in [0, 0.1) is 6.92 Å². The first kappa shape index (κ1) is 14.4. The molecule has 1 aliphatic rings. The fraction of sp³-hybridized carbons (Fsp3) is 0.533. The van der Waals surface area contributed by atoms with E-state index in [4.69, 9.17) is 4.74 Å². The van der Waals surface area contributed by atoms with Crippen molar-refractivity contribution in [3.05, 3.63) is 35.4 Å². The first-order valence-electron chi connectivity index (χ1n) is 6.77. The molecule has 0 aromatic heterocycles. The normalized spacial score (nSPS) is 18.0. The molecule has 2 rings (SSSR count). The van der Waals surface area contributed by atoms with Crippen LogP contribution in [0.2, 0.25) is 0 Å². The van der Waals surface area contributed by atoms with Gasteiger partial charge in [-0.15, -0.1) is 0 Å². The van der Waals surface area contributed by atoms with Gasteiger partial charge in [-0.3, -0.25) is 4.79 Å². The predicted octanol–water partition coefficient (Wildman–Crippen LogP) is 2.44. The highest BCUT2D eigenvalue weighted by molar-refractivity contribution is 7.80. The number of piperidine rings is 1. The molecule has 0 bridgehead atoms. The van der Waals surface area contributed by atoms with Crippen molar-refractivity contribution in [2.24, 2.45) is 0 Å². The van der Waals surface area contributed by atoms with Crippen LogP contribution < -0.4 is 5.32 Å². The maximum Gasteiger partial charge on any atom is 0.307 e. The Bertz CT molecular complexity index is 424. The average Bonchev–Trinajstić information content (AvgIpc) is 2.40. The number of nitrogens with one attached hydrogen (secondary N) is 1. The number of hydrogen-bond donors (Lipinski definition) is 2. The first-order valence-corrected chi connectivity index (χ1v) is 7.40. The third-order valence-corrected chi connectivity index (χ3v) is 3.84. The molecule has 0 radical (unpaired) electrons. The second-order valence-corrected chi connectivity index (χ2v) is 5.51. The van der Waals surface area contributed by atoms with Crippen LogP contribution >= 0.6 is 12.6 Å². The summed E-state index contributed by atoms with van der Waals surface area (Å²) in [5.41, 5.74) is 1.86. The van der Waals surface area contributed by atoms with Crippen molar-refractivity contribution in [3.63, 3.8) is 0 Å². The lowest BCUT2D eigenvalue weighted by molar-refractivity contribution is -0.163. The quantitative estimate of drug-likeness (QED) is 0.657. The first-order chi connectivity index (χ1) is 9.16. The van der Waals surface area contributed by atoms with Crippen LogP contribution in [0.1, 0.15) is 30.4 Å². The molecule has 0 spiro atoms. The summed E-state index contributed by atoms with van der Waals surface area (Å²) in [5.74, 6) is 0.374. The number of benzene rings is 1. The lowest BCUT2D eigenvalue weighted by atomic mass is 9.84. The Morgan fingerprint density at radius 3 is 2.53 bits per heavy atom. The second kappa shape index (κ2) is 6.44. The van der Waals surface area contributed by atoms with Gasteiger partial charge in [0.05, 0.1) is 6.42 Å². The molecule has 0 unspecified atom stereocenters. The molecule has 1 fully saturated rings. The van der Waals surface area contributed by atoms with Gasteiger partial charge in [-0.25, -0.2) is 0 Å². The average molecular weight is 279 g/mol. The standard InChI is InChI=1S/C15H21NO2S/c1-12-2-4-13(5-3-12)15(7-9-16-10-8-15)18-14(17)6-11-19/h2-5,16,19H,6-11H2,1H3. The molecule has 0 amide bonds. The highest BCUT2D eigenvalue weighted by atomic mass is 32.1. The minimum Gasteiger partial charge on any atom is -0.454 e. The zero-order valence-electron chi connectivity index (χ0n) is 11.3. The van der Waals surface area contributed by atoms with Gasteiger partial charge in [0, 0.05) is 18.6 Å². The molecule has 3 nitrogen and oxygen atoms in total. The third-order valence-electron chi connectivity index (χ3n) is 3.61. The van der Waals surface area contributed by atoms with Crippen LogP contribution in [0.4, 0.5) is 0 Å². The largest absolute Gasteiger partial charge is 0.454 e. The molecule has 1 aromatic rings. The summed E-state index contributed by atoms with van der Waals surface area (Å²) in [7, 11) is 0. The molecule has 1 aliphatic heterocycles. The summed E-state index contributed by atoms with van der Waals surface area (Å²) in [6.07, 6.45) is 2.02. The lowest BCUT2D eigenvalue weighted by Crippen LogP contribution is -2.43. The highest BCUT2D eigenvalue weighted by Gasteiger charge is 2.37. The van der Waals surface area contributed by atoms with Crippen LogP contribution in [0.5, 0.6) is 0 Å². The van der Waals surface area contributed by atoms with E-state index in [-0.39, 0.29) is 5.97 Å². The van der Waals surface area contributed by atoms with Gasteiger partial charge in [0.15, 0.2) is 0 Å². The van der Waals surface area contributed by atoms with Gasteiger partial charge in [0.1, 0.15) is 5.60 Å². The molecule has 0 atom stereocenters. The summed E-state index contributed by atoms with van der Waals surface area (Å²) in [6.45, 7) is 3.82. The SMILES string of the molecule is Cc1ccc(C2(OC(=O)CCS)CCNCC2)cc1. The van der Waals surface area contributed by atoms with Gasteiger partial charge >= 0.3 is 5.97 Å².